The van der Waals surface area contributed by atoms with E-state index in [1.165, 1.54) is 11.4 Å². The quantitative estimate of drug-likeness (QED) is 0.768. The van der Waals surface area contributed by atoms with E-state index in [1.54, 1.807) is 18.2 Å². The fourth-order valence-electron chi connectivity index (χ4n) is 1.22. The number of benzene rings is 1. The van der Waals surface area contributed by atoms with Crippen LogP contribution in [0.25, 0.3) is 0 Å². The molecule has 1 rings (SSSR count). The topological polar surface area (TPSA) is 75.4 Å². The SMILES string of the molecule is CN(CCCN)S(=O)(=O)Nc1ccc(Br)cc1Br. The highest BCUT2D eigenvalue weighted by molar-refractivity contribution is 9.11. The lowest BCUT2D eigenvalue weighted by atomic mass is 10.3. The summed E-state index contributed by atoms with van der Waals surface area (Å²) in [5, 5.41) is 0. The van der Waals surface area contributed by atoms with Crippen molar-refractivity contribution < 1.29 is 8.42 Å². The molecule has 0 aliphatic heterocycles. The van der Waals surface area contributed by atoms with Crippen molar-refractivity contribution in [2.75, 3.05) is 24.9 Å². The van der Waals surface area contributed by atoms with Gasteiger partial charge in [-0.05, 0) is 47.1 Å². The molecule has 0 atom stereocenters. The van der Waals surface area contributed by atoms with Gasteiger partial charge in [-0.25, -0.2) is 0 Å². The van der Waals surface area contributed by atoms with Crippen LogP contribution < -0.4 is 10.5 Å². The van der Waals surface area contributed by atoms with Gasteiger partial charge in [0.1, 0.15) is 0 Å². The molecule has 0 saturated carbocycles. The first-order valence-electron chi connectivity index (χ1n) is 5.26. The highest BCUT2D eigenvalue weighted by Gasteiger charge is 2.17. The summed E-state index contributed by atoms with van der Waals surface area (Å²) in [7, 11) is -2.02. The van der Waals surface area contributed by atoms with Gasteiger partial charge < -0.3 is 5.73 Å². The molecule has 8 heteroatoms. The predicted molar refractivity (Wildman–Crippen MR) is 80.7 cm³/mol. The molecule has 0 aromatic heterocycles. The van der Waals surface area contributed by atoms with Gasteiger partial charge in [-0.15, -0.1) is 0 Å². The Hall–Kier alpha value is -0.150. The van der Waals surface area contributed by atoms with E-state index < -0.39 is 10.2 Å². The number of nitrogens with two attached hydrogens (primary N) is 1. The molecule has 0 saturated heterocycles. The third kappa shape index (κ3) is 4.51. The van der Waals surface area contributed by atoms with Crippen molar-refractivity contribution in [3.8, 4) is 0 Å². The highest BCUT2D eigenvalue weighted by atomic mass is 79.9. The van der Waals surface area contributed by atoms with E-state index in [0.717, 1.165) is 4.47 Å². The number of hydrogen-bond donors (Lipinski definition) is 2. The summed E-state index contributed by atoms with van der Waals surface area (Å²) >= 11 is 6.61. The molecule has 102 valence electrons. The fourth-order valence-corrected chi connectivity index (χ4v) is 3.48. The molecule has 1 aromatic rings. The van der Waals surface area contributed by atoms with Crippen LogP contribution in [0, 0.1) is 0 Å². The van der Waals surface area contributed by atoms with Crippen molar-refractivity contribution in [3.63, 3.8) is 0 Å². The molecule has 0 fully saturated rings. The van der Waals surface area contributed by atoms with Crippen molar-refractivity contribution in [1.82, 2.24) is 4.31 Å². The number of halogens is 2. The van der Waals surface area contributed by atoms with Crippen LogP contribution in [0.5, 0.6) is 0 Å². The predicted octanol–water partition coefficient (Wildman–Crippen LogP) is 2.15. The Bertz CT molecular complexity index is 508. The highest BCUT2D eigenvalue weighted by Crippen LogP contribution is 2.27. The third-order valence-electron chi connectivity index (χ3n) is 2.26. The zero-order valence-corrected chi connectivity index (χ0v) is 13.8. The van der Waals surface area contributed by atoms with Gasteiger partial charge >= 0.3 is 10.2 Å². The maximum Gasteiger partial charge on any atom is 0.301 e. The van der Waals surface area contributed by atoms with Gasteiger partial charge in [0.2, 0.25) is 0 Å². The zero-order valence-electron chi connectivity index (χ0n) is 9.86. The lowest BCUT2D eigenvalue weighted by Gasteiger charge is -2.18. The van der Waals surface area contributed by atoms with Crippen molar-refractivity contribution in [2.24, 2.45) is 5.73 Å². The van der Waals surface area contributed by atoms with Crippen LogP contribution in [0.15, 0.2) is 27.1 Å². The largest absolute Gasteiger partial charge is 0.330 e. The summed E-state index contributed by atoms with van der Waals surface area (Å²) in [5.74, 6) is 0. The van der Waals surface area contributed by atoms with Crippen molar-refractivity contribution in [2.45, 2.75) is 6.42 Å². The Morgan fingerprint density at radius 2 is 2.06 bits per heavy atom. The molecule has 0 radical (unpaired) electrons. The van der Waals surface area contributed by atoms with Crippen LogP contribution >= 0.6 is 31.9 Å². The number of nitrogens with zero attached hydrogens (tertiary/aromatic N) is 1. The molecule has 0 unspecified atom stereocenters. The van der Waals surface area contributed by atoms with Gasteiger partial charge in [0, 0.05) is 22.5 Å². The van der Waals surface area contributed by atoms with Crippen molar-refractivity contribution in [3.05, 3.63) is 27.1 Å². The van der Waals surface area contributed by atoms with Crippen LogP contribution in [-0.2, 0) is 10.2 Å². The van der Waals surface area contributed by atoms with E-state index in [2.05, 4.69) is 36.6 Å². The standard InChI is InChI=1S/C10H15Br2N3O2S/c1-15(6-2-5-13)18(16,17)14-10-4-3-8(11)7-9(10)12/h3-4,7,14H,2,5-6,13H2,1H3. The second-order valence-electron chi connectivity index (χ2n) is 3.70. The second kappa shape index (κ2) is 6.85. The average molecular weight is 401 g/mol. The lowest BCUT2D eigenvalue weighted by molar-refractivity contribution is 0.468. The van der Waals surface area contributed by atoms with Gasteiger partial charge in [0.15, 0.2) is 0 Å². The molecule has 18 heavy (non-hydrogen) atoms. The molecular weight excluding hydrogens is 386 g/mol. The molecule has 0 heterocycles. The Kier molecular flexibility index (Phi) is 6.06. The summed E-state index contributed by atoms with van der Waals surface area (Å²) in [6, 6.07) is 5.22. The van der Waals surface area contributed by atoms with E-state index >= 15 is 0 Å². The van der Waals surface area contributed by atoms with Gasteiger partial charge in [0.25, 0.3) is 0 Å². The van der Waals surface area contributed by atoms with E-state index in [-0.39, 0.29) is 0 Å². The molecular formula is C10H15Br2N3O2S. The summed E-state index contributed by atoms with van der Waals surface area (Å²) in [5.41, 5.74) is 5.86. The second-order valence-corrected chi connectivity index (χ2v) is 7.24. The monoisotopic (exact) mass is 399 g/mol. The molecule has 0 bridgehead atoms. The van der Waals surface area contributed by atoms with E-state index in [0.29, 0.717) is 29.7 Å². The van der Waals surface area contributed by atoms with Crippen molar-refractivity contribution >= 4 is 47.8 Å². The molecule has 0 amide bonds. The first-order chi connectivity index (χ1) is 8.36. The number of anilines is 1. The minimum atomic E-state index is -3.54. The summed E-state index contributed by atoms with van der Waals surface area (Å²) in [6.07, 6.45) is 0.624. The van der Waals surface area contributed by atoms with E-state index in [1.807, 2.05) is 0 Å². The molecule has 3 N–H and O–H groups in total. The van der Waals surface area contributed by atoms with Crippen LogP contribution in [0.1, 0.15) is 6.42 Å². The van der Waals surface area contributed by atoms with Crippen LogP contribution in [0.4, 0.5) is 5.69 Å². The van der Waals surface area contributed by atoms with Crippen molar-refractivity contribution in [1.29, 1.82) is 0 Å². The first-order valence-corrected chi connectivity index (χ1v) is 8.28. The van der Waals surface area contributed by atoms with Crippen LogP contribution in [-0.4, -0.2) is 32.9 Å². The number of hydrogen-bond acceptors (Lipinski definition) is 3. The normalized spacial score (nSPS) is 11.8. The fraction of sp³-hybridized carbons (Fsp3) is 0.400. The molecule has 0 aliphatic carbocycles. The Balaban J connectivity index is 2.82. The third-order valence-corrected chi connectivity index (χ3v) is 4.89. The molecule has 1 aromatic carbocycles. The van der Waals surface area contributed by atoms with Gasteiger partial charge in [-0.1, -0.05) is 15.9 Å². The van der Waals surface area contributed by atoms with Crippen LogP contribution in [0.3, 0.4) is 0 Å². The number of nitrogens with one attached hydrogen (secondary N) is 1. The smallest absolute Gasteiger partial charge is 0.301 e. The maximum atomic E-state index is 12.0. The minimum Gasteiger partial charge on any atom is -0.330 e. The summed E-state index contributed by atoms with van der Waals surface area (Å²) in [6.45, 7) is 0.849. The Labute approximate surface area is 124 Å². The zero-order chi connectivity index (χ0) is 13.8. The van der Waals surface area contributed by atoms with Crippen LogP contribution in [0.2, 0.25) is 0 Å². The molecule has 0 spiro atoms. The molecule has 0 aliphatic rings. The van der Waals surface area contributed by atoms with E-state index in [9.17, 15) is 8.42 Å². The summed E-state index contributed by atoms with van der Waals surface area (Å²) < 4.78 is 29.3. The molecule has 5 nitrogen and oxygen atoms in total. The van der Waals surface area contributed by atoms with Gasteiger partial charge in [-0.3, -0.25) is 4.72 Å². The Morgan fingerprint density at radius 3 is 2.61 bits per heavy atom. The Morgan fingerprint density at radius 1 is 1.39 bits per heavy atom. The minimum absolute atomic E-state index is 0.389. The first kappa shape index (κ1) is 15.9. The van der Waals surface area contributed by atoms with Gasteiger partial charge in [0.05, 0.1) is 5.69 Å². The average Bonchev–Trinajstić information content (AvgIpc) is 2.29. The lowest BCUT2D eigenvalue weighted by Crippen LogP contribution is -2.34. The summed E-state index contributed by atoms with van der Waals surface area (Å²) in [4.78, 5) is 0. The van der Waals surface area contributed by atoms with E-state index in [4.69, 9.17) is 5.73 Å². The maximum absolute atomic E-state index is 12.0. The number of rotatable bonds is 6. The van der Waals surface area contributed by atoms with Gasteiger partial charge in [-0.2, -0.15) is 12.7 Å².